The van der Waals surface area contributed by atoms with Crippen molar-refractivity contribution in [3.8, 4) is 11.5 Å². The molecule has 21 heavy (non-hydrogen) atoms. The summed E-state index contributed by atoms with van der Waals surface area (Å²) in [6.07, 6.45) is 4.11. The lowest BCUT2D eigenvalue weighted by Crippen LogP contribution is -3.11. The molecule has 0 amide bonds. The van der Waals surface area contributed by atoms with Crippen LogP contribution in [0.2, 0.25) is 5.02 Å². The van der Waals surface area contributed by atoms with E-state index < -0.39 is 0 Å². The van der Waals surface area contributed by atoms with Gasteiger partial charge in [0.25, 0.3) is 0 Å². The fourth-order valence-electron chi connectivity index (χ4n) is 2.87. The summed E-state index contributed by atoms with van der Waals surface area (Å²) < 4.78 is 5.90. The van der Waals surface area contributed by atoms with Crippen LogP contribution in [0.1, 0.15) is 24.8 Å². The standard InChI is InChI=1S/C18H20ClNO/c19-16-7-9-17(10-8-16)21-18-6-4-5-15(13-18)14-20-11-2-1-3-12-20/h4-10,13H,1-3,11-12,14H2/p+1. The molecule has 2 nitrogen and oxygen atoms in total. The smallest absolute Gasteiger partial charge is 0.127 e. The fourth-order valence-corrected chi connectivity index (χ4v) is 3.00. The van der Waals surface area contributed by atoms with Gasteiger partial charge < -0.3 is 9.64 Å². The summed E-state index contributed by atoms with van der Waals surface area (Å²) in [5.41, 5.74) is 1.35. The van der Waals surface area contributed by atoms with Crippen LogP contribution >= 0.6 is 11.6 Å². The lowest BCUT2D eigenvalue weighted by molar-refractivity contribution is -0.918. The molecule has 0 radical (unpaired) electrons. The van der Waals surface area contributed by atoms with Crippen molar-refractivity contribution in [3.63, 3.8) is 0 Å². The van der Waals surface area contributed by atoms with E-state index in [0.717, 1.165) is 23.1 Å². The van der Waals surface area contributed by atoms with Crippen LogP contribution < -0.4 is 9.64 Å². The highest BCUT2D eigenvalue weighted by Crippen LogP contribution is 2.23. The Morgan fingerprint density at radius 3 is 2.43 bits per heavy atom. The van der Waals surface area contributed by atoms with Crippen molar-refractivity contribution in [3.05, 3.63) is 59.1 Å². The number of ether oxygens (including phenoxy) is 1. The SMILES string of the molecule is Clc1ccc(Oc2cccc(C[NH+]3CCCCC3)c2)cc1. The molecule has 3 rings (SSSR count). The number of quaternary nitrogens is 1. The van der Waals surface area contributed by atoms with Gasteiger partial charge in [0, 0.05) is 10.6 Å². The molecule has 1 aliphatic heterocycles. The van der Waals surface area contributed by atoms with E-state index >= 15 is 0 Å². The van der Waals surface area contributed by atoms with Gasteiger partial charge in [-0.15, -0.1) is 0 Å². The Balaban J connectivity index is 1.66. The summed E-state index contributed by atoms with van der Waals surface area (Å²) in [5.74, 6) is 1.72. The average Bonchev–Trinajstić information content (AvgIpc) is 2.51. The van der Waals surface area contributed by atoms with Gasteiger partial charge in [0.05, 0.1) is 13.1 Å². The Hall–Kier alpha value is -1.51. The molecular weight excluding hydrogens is 282 g/mol. The van der Waals surface area contributed by atoms with E-state index in [1.165, 1.54) is 37.9 Å². The molecule has 0 aromatic heterocycles. The van der Waals surface area contributed by atoms with Gasteiger partial charge in [-0.05, 0) is 55.7 Å². The Morgan fingerprint density at radius 1 is 0.905 bits per heavy atom. The third-order valence-corrected chi connectivity index (χ3v) is 4.21. The van der Waals surface area contributed by atoms with Gasteiger partial charge in [-0.25, -0.2) is 0 Å². The predicted molar refractivity (Wildman–Crippen MR) is 86.2 cm³/mol. The molecule has 1 N–H and O–H groups in total. The fraction of sp³-hybridized carbons (Fsp3) is 0.333. The Labute approximate surface area is 131 Å². The highest BCUT2D eigenvalue weighted by molar-refractivity contribution is 6.30. The molecule has 2 aromatic rings. The van der Waals surface area contributed by atoms with Gasteiger partial charge in [0.2, 0.25) is 0 Å². The van der Waals surface area contributed by atoms with Crippen LogP contribution in [0.5, 0.6) is 11.5 Å². The van der Waals surface area contributed by atoms with E-state index in [4.69, 9.17) is 16.3 Å². The maximum Gasteiger partial charge on any atom is 0.127 e. The van der Waals surface area contributed by atoms with Crippen molar-refractivity contribution in [2.45, 2.75) is 25.8 Å². The van der Waals surface area contributed by atoms with E-state index in [1.54, 1.807) is 4.90 Å². The number of likely N-dealkylation sites (tertiary alicyclic amines) is 1. The Morgan fingerprint density at radius 2 is 1.67 bits per heavy atom. The van der Waals surface area contributed by atoms with E-state index in [2.05, 4.69) is 18.2 Å². The van der Waals surface area contributed by atoms with Crippen molar-refractivity contribution >= 4 is 11.6 Å². The van der Waals surface area contributed by atoms with Gasteiger partial charge in [-0.2, -0.15) is 0 Å². The number of benzene rings is 2. The topological polar surface area (TPSA) is 13.7 Å². The number of nitrogens with one attached hydrogen (secondary N) is 1. The van der Waals surface area contributed by atoms with Crippen LogP contribution in [0.3, 0.4) is 0 Å². The summed E-state index contributed by atoms with van der Waals surface area (Å²) in [6, 6.07) is 15.9. The van der Waals surface area contributed by atoms with E-state index in [9.17, 15) is 0 Å². The number of hydrogen-bond acceptors (Lipinski definition) is 1. The lowest BCUT2D eigenvalue weighted by atomic mass is 10.1. The highest BCUT2D eigenvalue weighted by atomic mass is 35.5. The molecule has 0 aliphatic carbocycles. The molecule has 1 heterocycles. The van der Waals surface area contributed by atoms with Crippen LogP contribution in [-0.2, 0) is 6.54 Å². The first-order valence-corrected chi connectivity index (χ1v) is 8.03. The number of hydrogen-bond donors (Lipinski definition) is 1. The first kappa shape index (κ1) is 14.4. The number of piperidine rings is 1. The second-order valence-electron chi connectivity index (χ2n) is 5.69. The maximum atomic E-state index is 5.90. The monoisotopic (exact) mass is 302 g/mol. The first-order chi connectivity index (χ1) is 10.3. The van der Waals surface area contributed by atoms with E-state index in [-0.39, 0.29) is 0 Å². The third-order valence-electron chi connectivity index (χ3n) is 3.96. The third kappa shape index (κ3) is 4.23. The minimum absolute atomic E-state index is 0.727. The van der Waals surface area contributed by atoms with Gasteiger partial charge in [-0.1, -0.05) is 23.7 Å². The van der Waals surface area contributed by atoms with Crippen LogP contribution in [0.25, 0.3) is 0 Å². The van der Waals surface area contributed by atoms with Crippen molar-refractivity contribution in [1.82, 2.24) is 0 Å². The molecule has 1 saturated heterocycles. The number of halogens is 1. The van der Waals surface area contributed by atoms with Gasteiger partial charge in [-0.3, -0.25) is 0 Å². The molecule has 3 heteroatoms. The Kier molecular flexibility index (Phi) is 4.79. The van der Waals surface area contributed by atoms with Crippen LogP contribution in [0.15, 0.2) is 48.5 Å². The van der Waals surface area contributed by atoms with E-state index in [0.29, 0.717) is 0 Å². The minimum Gasteiger partial charge on any atom is -0.457 e. The van der Waals surface area contributed by atoms with Crippen LogP contribution in [-0.4, -0.2) is 13.1 Å². The van der Waals surface area contributed by atoms with E-state index in [1.807, 2.05) is 30.3 Å². The molecule has 1 aliphatic rings. The molecule has 0 spiro atoms. The zero-order chi connectivity index (χ0) is 14.5. The van der Waals surface area contributed by atoms with Gasteiger partial charge in [0.1, 0.15) is 18.0 Å². The average molecular weight is 303 g/mol. The molecule has 0 atom stereocenters. The summed E-state index contributed by atoms with van der Waals surface area (Å²) in [7, 11) is 0. The largest absolute Gasteiger partial charge is 0.457 e. The molecular formula is C18H21ClNO+. The second kappa shape index (κ2) is 6.97. The summed E-state index contributed by atoms with van der Waals surface area (Å²) in [4.78, 5) is 1.69. The van der Waals surface area contributed by atoms with Crippen molar-refractivity contribution in [2.75, 3.05) is 13.1 Å². The molecule has 110 valence electrons. The molecule has 0 unspecified atom stereocenters. The highest BCUT2D eigenvalue weighted by Gasteiger charge is 2.14. The summed E-state index contributed by atoms with van der Waals surface area (Å²) in [5, 5.41) is 0.727. The summed E-state index contributed by atoms with van der Waals surface area (Å²) in [6.45, 7) is 3.68. The van der Waals surface area contributed by atoms with Gasteiger partial charge in [0.15, 0.2) is 0 Å². The second-order valence-corrected chi connectivity index (χ2v) is 6.13. The zero-order valence-corrected chi connectivity index (χ0v) is 12.9. The predicted octanol–water partition coefficient (Wildman–Crippen LogP) is 3.70. The van der Waals surface area contributed by atoms with Crippen molar-refractivity contribution in [2.24, 2.45) is 0 Å². The molecule has 0 saturated carbocycles. The quantitative estimate of drug-likeness (QED) is 0.909. The maximum absolute atomic E-state index is 5.90. The molecule has 2 aromatic carbocycles. The normalized spacial score (nSPS) is 15.9. The van der Waals surface area contributed by atoms with Crippen molar-refractivity contribution < 1.29 is 9.64 Å². The van der Waals surface area contributed by atoms with Gasteiger partial charge >= 0.3 is 0 Å². The number of rotatable bonds is 4. The van der Waals surface area contributed by atoms with Crippen LogP contribution in [0, 0.1) is 0 Å². The zero-order valence-electron chi connectivity index (χ0n) is 12.1. The molecule has 1 fully saturated rings. The van der Waals surface area contributed by atoms with Crippen LogP contribution in [0.4, 0.5) is 0 Å². The minimum atomic E-state index is 0.727. The Bertz CT molecular complexity index is 576. The summed E-state index contributed by atoms with van der Waals surface area (Å²) >= 11 is 5.89. The lowest BCUT2D eigenvalue weighted by Gasteiger charge is -2.23. The van der Waals surface area contributed by atoms with Crippen molar-refractivity contribution in [1.29, 1.82) is 0 Å². The molecule has 0 bridgehead atoms. The first-order valence-electron chi connectivity index (χ1n) is 7.65.